The summed E-state index contributed by atoms with van der Waals surface area (Å²) in [6.07, 6.45) is 3.19. The van der Waals surface area contributed by atoms with Crippen molar-refractivity contribution in [2.45, 2.75) is 97.3 Å². The highest BCUT2D eigenvalue weighted by Crippen LogP contribution is 2.45. The SMILES string of the molecule is CCC(C)c1ccc(N(C)c2ccc(-c3ccc(C(C)(C)c4ccc(-c5ccc(C(CC)(c6ccc(-c7ccc(C)cc7)cc6)c6ccc(-c7ccc(N(C)c8ccc(C(C)CC)cc8)cc7)cc6)cc5)cc4)cc3)cc2)cc1. The molecule has 396 valence electrons. The van der Waals surface area contributed by atoms with E-state index in [0.29, 0.717) is 11.8 Å². The van der Waals surface area contributed by atoms with Crippen LogP contribution in [0.25, 0.3) is 44.5 Å². The molecule has 0 aromatic heterocycles. The molecular formula is C77H78N2. The Kier molecular flexibility index (Phi) is 16.1. The monoisotopic (exact) mass is 1030 g/mol. The van der Waals surface area contributed by atoms with E-state index in [1.807, 2.05) is 0 Å². The van der Waals surface area contributed by atoms with Gasteiger partial charge in [-0.1, -0.05) is 248 Å². The highest BCUT2D eigenvalue weighted by atomic mass is 15.1. The molecule has 0 saturated carbocycles. The van der Waals surface area contributed by atoms with Gasteiger partial charge in [-0.05, 0) is 170 Å². The first-order valence-corrected chi connectivity index (χ1v) is 28.8. The van der Waals surface area contributed by atoms with Gasteiger partial charge < -0.3 is 9.80 Å². The molecule has 2 nitrogen and oxygen atoms in total. The van der Waals surface area contributed by atoms with Gasteiger partial charge in [0.05, 0.1) is 0 Å². The fraction of sp³-hybridized carbons (Fsp3) is 0.221. The normalized spacial score (nSPS) is 13.1. The lowest BCUT2D eigenvalue weighted by molar-refractivity contribution is 0.594. The van der Waals surface area contributed by atoms with Gasteiger partial charge in [0.1, 0.15) is 0 Å². The van der Waals surface area contributed by atoms with E-state index in [9.17, 15) is 0 Å². The van der Waals surface area contributed by atoms with E-state index in [0.717, 1.165) is 19.3 Å². The Labute approximate surface area is 473 Å². The zero-order valence-corrected chi connectivity index (χ0v) is 48.3. The van der Waals surface area contributed by atoms with Crippen LogP contribution in [0.3, 0.4) is 0 Å². The van der Waals surface area contributed by atoms with Crippen LogP contribution in [0.2, 0.25) is 0 Å². The summed E-state index contributed by atoms with van der Waals surface area (Å²) in [7, 11) is 4.30. The van der Waals surface area contributed by atoms with Crippen LogP contribution in [0.15, 0.2) is 243 Å². The summed E-state index contributed by atoms with van der Waals surface area (Å²) in [5.41, 5.74) is 24.4. The van der Waals surface area contributed by atoms with E-state index in [-0.39, 0.29) is 10.8 Å². The molecule has 0 heterocycles. The average Bonchev–Trinajstić information content (AvgIpc) is 3.55. The first kappa shape index (κ1) is 54.2. The molecule has 10 rings (SSSR count). The van der Waals surface area contributed by atoms with Crippen molar-refractivity contribution in [3.8, 4) is 44.5 Å². The molecule has 79 heavy (non-hydrogen) atoms. The lowest BCUT2D eigenvalue weighted by atomic mass is 9.67. The quantitative estimate of drug-likeness (QED) is 0.0790. The fourth-order valence-electron chi connectivity index (χ4n) is 11.6. The molecule has 10 aromatic rings. The van der Waals surface area contributed by atoms with E-state index in [2.05, 4.69) is 322 Å². The van der Waals surface area contributed by atoms with E-state index in [1.165, 1.54) is 112 Å². The van der Waals surface area contributed by atoms with E-state index in [4.69, 9.17) is 0 Å². The smallest absolute Gasteiger partial charge is 0.0448 e. The summed E-state index contributed by atoms with van der Waals surface area (Å²) in [6.45, 7) is 18.2. The zero-order chi connectivity index (χ0) is 55.3. The minimum atomic E-state index is -0.371. The second-order valence-corrected chi connectivity index (χ2v) is 22.7. The van der Waals surface area contributed by atoms with Crippen LogP contribution < -0.4 is 9.80 Å². The number of hydrogen-bond acceptors (Lipinski definition) is 2. The van der Waals surface area contributed by atoms with Crippen LogP contribution in [0.4, 0.5) is 22.7 Å². The van der Waals surface area contributed by atoms with Gasteiger partial charge in [0.25, 0.3) is 0 Å². The van der Waals surface area contributed by atoms with Gasteiger partial charge in [-0.15, -0.1) is 0 Å². The highest BCUT2D eigenvalue weighted by Gasteiger charge is 2.35. The number of anilines is 4. The molecule has 3 atom stereocenters. The highest BCUT2D eigenvalue weighted by molar-refractivity contribution is 5.73. The van der Waals surface area contributed by atoms with Crippen LogP contribution in [0.1, 0.15) is 124 Å². The molecule has 0 aliphatic rings. The maximum atomic E-state index is 2.37. The summed E-state index contributed by atoms with van der Waals surface area (Å²) >= 11 is 0. The molecule has 10 aromatic carbocycles. The lowest BCUT2D eigenvalue weighted by Gasteiger charge is -2.35. The molecule has 0 amide bonds. The predicted molar refractivity (Wildman–Crippen MR) is 341 cm³/mol. The molecule has 0 spiro atoms. The van der Waals surface area contributed by atoms with Crippen LogP contribution in [-0.2, 0) is 10.8 Å². The van der Waals surface area contributed by atoms with Gasteiger partial charge in [-0.3, -0.25) is 0 Å². The van der Waals surface area contributed by atoms with Crippen molar-refractivity contribution in [2.24, 2.45) is 0 Å². The standard InChI is InChI=1S/C77H78N2/c1-11-55(5)57-28-46-72(47-29-57)78(9)74-50-32-65(33-51-74)61-20-38-68(39-21-61)76(7,8)67-36-18-60(19-37-67)63-24-42-70(43-25-63)77(13-3,69-40-22-62(23-41-69)59-16-14-54(4)15-17-59)71-44-26-64(27-45-71)66-34-52-75(53-35-66)79(10)73-48-30-58(31-49-73)56(6)12-2/h14-53,55-56H,11-13H2,1-10H3. The number of aryl methyl sites for hydroxylation is 1. The minimum absolute atomic E-state index is 0.177. The number of rotatable bonds is 18. The number of benzene rings is 10. The first-order chi connectivity index (χ1) is 38.3. The van der Waals surface area contributed by atoms with Gasteiger partial charge in [0.15, 0.2) is 0 Å². The van der Waals surface area contributed by atoms with E-state index in [1.54, 1.807) is 0 Å². The molecule has 0 fully saturated rings. The van der Waals surface area contributed by atoms with Crippen molar-refractivity contribution in [3.63, 3.8) is 0 Å². The molecule has 0 aliphatic carbocycles. The Bertz CT molecular complexity index is 3560. The van der Waals surface area contributed by atoms with Gasteiger partial charge in [0.2, 0.25) is 0 Å². The Hall–Kier alpha value is -8.20. The van der Waals surface area contributed by atoms with Gasteiger partial charge in [0, 0.05) is 47.7 Å². The molecule has 0 radical (unpaired) electrons. The summed E-state index contributed by atoms with van der Waals surface area (Å²) in [4.78, 5) is 4.53. The van der Waals surface area contributed by atoms with E-state index >= 15 is 0 Å². The second-order valence-electron chi connectivity index (χ2n) is 22.7. The van der Waals surface area contributed by atoms with Gasteiger partial charge >= 0.3 is 0 Å². The van der Waals surface area contributed by atoms with Gasteiger partial charge in [-0.25, -0.2) is 0 Å². The molecule has 3 unspecified atom stereocenters. The Balaban J connectivity index is 0.871. The first-order valence-electron chi connectivity index (χ1n) is 28.8. The largest absolute Gasteiger partial charge is 0.345 e. The van der Waals surface area contributed by atoms with Crippen molar-refractivity contribution < 1.29 is 0 Å². The molecule has 0 N–H and O–H groups in total. The lowest BCUT2D eigenvalue weighted by Crippen LogP contribution is -2.28. The van der Waals surface area contributed by atoms with Crippen LogP contribution in [0, 0.1) is 6.92 Å². The summed E-state index contributed by atoms with van der Waals surface area (Å²) in [6, 6.07) is 91.2. The Morgan fingerprint density at radius 3 is 0.759 bits per heavy atom. The molecular weight excluding hydrogens is 953 g/mol. The summed E-state index contributed by atoms with van der Waals surface area (Å²) in [5, 5.41) is 0. The second kappa shape index (κ2) is 23.4. The summed E-state index contributed by atoms with van der Waals surface area (Å²) in [5.74, 6) is 1.14. The Morgan fingerprint density at radius 2 is 0.519 bits per heavy atom. The van der Waals surface area contributed by atoms with Gasteiger partial charge in [-0.2, -0.15) is 0 Å². The molecule has 2 heteroatoms. The minimum Gasteiger partial charge on any atom is -0.345 e. The van der Waals surface area contributed by atoms with Crippen molar-refractivity contribution >= 4 is 22.7 Å². The number of nitrogens with zero attached hydrogens (tertiary/aromatic N) is 2. The summed E-state index contributed by atoms with van der Waals surface area (Å²) < 4.78 is 0. The third-order valence-corrected chi connectivity index (χ3v) is 17.7. The third kappa shape index (κ3) is 11.3. The molecule has 0 saturated heterocycles. The maximum absolute atomic E-state index is 2.37. The average molecular weight is 1030 g/mol. The Morgan fingerprint density at radius 1 is 0.304 bits per heavy atom. The van der Waals surface area contributed by atoms with E-state index < -0.39 is 0 Å². The third-order valence-electron chi connectivity index (χ3n) is 17.7. The molecule has 0 bridgehead atoms. The predicted octanol–water partition coefficient (Wildman–Crippen LogP) is 21.3. The van der Waals surface area contributed by atoms with Crippen LogP contribution in [0.5, 0.6) is 0 Å². The topological polar surface area (TPSA) is 6.48 Å². The maximum Gasteiger partial charge on any atom is 0.0448 e. The van der Waals surface area contributed by atoms with Crippen molar-refractivity contribution in [3.05, 3.63) is 287 Å². The fourth-order valence-corrected chi connectivity index (χ4v) is 11.6. The van der Waals surface area contributed by atoms with Crippen LogP contribution >= 0.6 is 0 Å². The number of hydrogen-bond donors (Lipinski definition) is 0. The van der Waals surface area contributed by atoms with Crippen LogP contribution in [-0.4, -0.2) is 14.1 Å². The van der Waals surface area contributed by atoms with Crippen molar-refractivity contribution in [1.29, 1.82) is 0 Å². The van der Waals surface area contributed by atoms with Crippen molar-refractivity contribution in [1.82, 2.24) is 0 Å². The van der Waals surface area contributed by atoms with Crippen molar-refractivity contribution in [2.75, 3.05) is 23.9 Å². The molecule has 0 aliphatic heterocycles. The zero-order valence-electron chi connectivity index (χ0n) is 48.3.